The molecule has 12 heteroatoms. The number of benzene rings is 1. The Bertz CT molecular complexity index is 1560. The molecule has 0 radical (unpaired) electrons. The number of nitrogens with two attached hydrogens (primary N) is 1. The molecule has 5 rings (SSSR count). The van der Waals surface area contributed by atoms with E-state index >= 15 is 8.78 Å². The number of hydrogen-bond donors (Lipinski definition) is 2. The minimum Gasteiger partial charge on any atom is -0.374 e. The van der Waals surface area contributed by atoms with E-state index in [2.05, 4.69) is 32.2 Å². The zero-order chi connectivity index (χ0) is 30.1. The number of amides is 1. The number of nitrogens with one attached hydrogen (secondary N) is 1. The molecule has 10 nitrogen and oxygen atoms in total. The number of aromatic nitrogens is 4. The van der Waals surface area contributed by atoms with Gasteiger partial charge in [0.25, 0.3) is 0 Å². The summed E-state index contributed by atoms with van der Waals surface area (Å²) in [5, 5.41) is 7.82. The van der Waals surface area contributed by atoms with Gasteiger partial charge in [0.2, 0.25) is 11.9 Å². The monoisotopic (exact) mass is 578 g/mol. The Morgan fingerprint density at radius 3 is 2.60 bits per heavy atom. The van der Waals surface area contributed by atoms with Crippen LogP contribution in [0.5, 0.6) is 0 Å². The number of pyridine rings is 1. The van der Waals surface area contributed by atoms with Crippen LogP contribution in [-0.2, 0) is 16.1 Å². The van der Waals surface area contributed by atoms with Crippen LogP contribution in [0.3, 0.4) is 0 Å². The number of carbonyl (C=O) groups is 1. The molecule has 1 aromatic carbocycles. The molecular formula is C30H36F2N8O2. The zero-order valence-corrected chi connectivity index (χ0v) is 24.4. The molecule has 1 aliphatic heterocycles. The van der Waals surface area contributed by atoms with Crippen molar-refractivity contribution in [3.05, 3.63) is 66.1 Å². The van der Waals surface area contributed by atoms with E-state index in [1.165, 1.54) is 16.6 Å². The van der Waals surface area contributed by atoms with E-state index in [4.69, 9.17) is 10.5 Å². The molecule has 4 heterocycles. The van der Waals surface area contributed by atoms with Crippen molar-refractivity contribution in [1.29, 1.82) is 0 Å². The first kappa shape index (κ1) is 29.3. The predicted octanol–water partition coefficient (Wildman–Crippen LogP) is 4.37. The molecule has 0 saturated carbocycles. The average Bonchev–Trinajstić information content (AvgIpc) is 3.33. The maximum atomic E-state index is 15.1. The van der Waals surface area contributed by atoms with Crippen molar-refractivity contribution in [1.82, 2.24) is 24.5 Å². The molecule has 1 fully saturated rings. The summed E-state index contributed by atoms with van der Waals surface area (Å²) in [7, 11) is 1.79. The van der Waals surface area contributed by atoms with Gasteiger partial charge in [0.05, 0.1) is 59.3 Å². The fourth-order valence-electron chi connectivity index (χ4n) is 5.59. The van der Waals surface area contributed by atoms with Gasteiger partial charge in [-0.15, -0.1) is 0 Å². The van der Waals surface area contributed by atoms with E-state index in [1.807, 2.05) is 19.9 Å². The van der Waals surface area contributed by atoms with Crippen molar-refractivity contribution in [3.8, 4) is 11.3 Å². The molecule has 0 unspecified atom stereocenters. The van der Waals surface area contributed by atoms with E-state index in [-0.39, 0.29) is 47.9 Å². The molecule has 1 aliphatic rings. The Hall–Kier alpha value is -4.16. The number of nitrogens with zero attached hydrogens (tertiary/aromatic N) is 6. The Balaban J connectivity index is 1.43. The summed E-state index contributed by atoms with van der Waals surface area (Å²) in [5.74, 6) is -0.994. The fraction of sp³-hybridized carbons (Fsp3) is 0.400. The maximum absolute atomic E-state index is 15.1. The first-order chi connectivity index (χ1) is 20.0. The smallest absolute Gasteiger partial charge is 0.229 e. The van der Waals surface area contributed by atoms with Crippen LogP contribution in [0, 0.1) is 17.6 Å². The standard InChI is InChI=1S/C30H36F2N8O2/c1-17(2)42-16-20-10-22(31)28(23(32)11-20)25-7-6-21-12-35-30(40(21)37-25)36-26-13-34-9-8-27(26)39-14-18(3)29(24(33)15-39)38(5)19(4)41/h6-13,17-18,24,29H,14-16,33H2,1-5H3,(H,35,36)/t18-,24+,29-/m0/s1. The van der Waals surface area contributed by atoms with Crippen molar-refractivity contribution < 1.29 is 18.3 Å². The van der Waals surface area contributed by atoms with Crippen LogP contribution >= 0.6 is 0 Å². The molecule has 4 aromatic rings. The summed E-state index contributed by atoms with van der Waals surface area (Å²) >= 11 is 0. The normalized spacial score (nSPS) is 19.0. The number of imidazole rings is 1. The quantitative estimate of drug-likeness (QED) is 0.317. The summed E-state index contributed by atoms with van der Waals surface area (Å²) < 4.78 is 37.2. The van der Waals surface area contributed by atoms with Crippen LogP contribution in [0.15, 0.2) is 48.9 Å². The van der Waals surface area contributed by atoms with E-state index < -0.39 is 11.6 Å². The third-order valence-corrected chi connectivity index (χ3v) is 7.62. The van der Waals surface area contributed by atoms with Crippen LogP contribution in [-0.4, -0.2) is 68.7 Å². The highest BCUT2D eigenvalue weighted by atomic mass is 19.1. The van der Waals surface area contributed by atoms with Gasteiger partial charge in [-0.25, -0.2) is 13.8 Å². The van der Waals surface area contributed by atoms with Crippen molar-refractivity contribution in [2.75, 3.05) is 30.4 Å². The Morgan fingerprint density at radius 1 is 1.19 bits per heavy atom. The number of likely N-dealkylation sites (N-methyl/N-ethyl adjacent to an activating group) is 1. The SMILES string of the molecule is CC(=O)N(C)[C@@H]1[C@H](N)CN(c2ccncc2Nc2ncc3ccc(-c4c(F)cc(COC(C)C)cc4F)nn23)C[C@@H]1C. The molecule has 1 saturated heterocycles. The fourth-order valence-corrected chi connectivity index (χ4v) is 5.59. The number of halogens is 2. The second-order valence-corrected chi connectivity index (χ2v) is 11.1. The van der Waals surface area contributed by atoms with Crippen molar-refractivity contribution in [3.63, 3.8) is 0 Å². The first-order valence-corrected chi connectivity index (χ1v) is 13.9. The van der Waals surface area contributed by atoms with Gasteiger partial charge in [0.15, 0.2) is 0 Å². The second-order valence-electron chi connectivity index (χ2n) is 11.1. The molecule has 222 valence electrons. The zero-order valence-electron chi connectivity index (χ0n) is 24.4. The lowest BCUT2D eigenvalue weighted by Gasteiger charge is -2.46. The number of hydrogen-bond acceptors (Lipinski definition) is 8. The molecule has 0 spiro atoms. The maximum Gasteiger partial charge on any atom is 0.229 e. The van der Waals surface area contributed by atoms with E-state index in [0.29, 0.717) is 35.8 Å². The molecule has 0 bridgehead atoms. The van der Waals surface area contributed by atoms with E-state index in [0.717, 1.165) is 5.69 Å². The third-order valence-electron chi connectivity index (χ3n) is 7.62. The Kier molecular flexibility index (Phi) is 8.37. The van der Waals surface area contributed by atoms with Crippen LogP contribution in [0.25, 0.3) is 16.8 Å². The highest BCUT2D eigenvalue weighted by Gasteiger charge is 2.36. The minimum absolute atomic E-state index is 0.0177. The van der Waals surface area contributed by atoms with Crippen LogP contribution in [0.4, 0.5) is 26.1 Å². The number of rotatable bonds is 8. The van der Waals surface area contributed by atoms with Crippen molar-refractivity contribution in [2.24, 2.45) is 11.7 Å². The number of piperidine rings is 1. The third kappa shape index (κ3) is 5.90. The lowest BCUT2D eigenvalue weighted by molar-refractivity contribution is -0.131. The topological polar surface area (TPSA) is 114 Å². The molecule has 42 heavy (non-hydrogen) atoms. The molecule has 1 amide bonds. The largest absolute Gasteiger partial charge is 0.374 e. The second kappa shape index (κ2) is 12.0. The van der Waals surface area contributed by atoms with Crippen LogP contribution in [0.2, 0.25) is 0 Å². The van der Waals surface area contributed by atoms with Gasteiger partial charge in [-0.1, -0.05) is 6.92 Å². The van der Waals surface area contributed by atoms with Gasteiger partial charge >= 0.3 is 0 Å². The predicted molar refractivity (Wildman–Crippen MR) is 157 cm³/mol. The summed E-state index contributed by atoms with van der Waals surface area (Å²) in [6, 6.07) is 7.36. The van der Waals surface area contributed by atoms with Gasteiger partial charge < -0.3 is 25.6 Å². The minimum atomic E-state index is -0.724. The lowest BCUT2D eigenvalue weighted by atomic mass is 9.88. The summed E-state index contributed by atoms with van der Waals surface area (Å²) in [6.45, 7) is 8.67. The highest BCUT2D eigenvalue weighted by molar-refractivity contribution is 5.75. The molecule has 3 N–H and O–H groups in total. The molecule has 3 aromatic heterocycles. The van der Waals surface area contributed by atoms with Crippen LogP contribution in [0.1, 0.15) is 33.3 Å². The van der Waals surface area contributed by atoms with Gasteiger partial charge in [0.1, 0.15) is 11.6 Å². The van der Waals surface area contributed by atoms with Gasteiger partial charge in [-0.05, 0) is 55.7 Å². The van der Waals surface area contributed by atoms with E-state index in [1.54, 1.807) is 49.6 Å². The van der Waals surface area contributed by atoms with Gasteiger partial charge in [-0.2, -0.15) is 9.61 Å². The lowest BCUT2D eigenvalue weighted by Crippen LogP contribution is -2.62. The molecule has 3 atom stereocenters. The molecule has 0 aliphatic carbocycles. The molecular weight excluding hydrogens is 542 g/mol. The van der Waals surface area contributed by atoms with Crippen molar-refractivity contribution in [2.45, 2.75) is 52.5 Å². The summed E-state index contributed by atoms with van der Waals surface area (Å²) in [4.78, 5) is 24.6. The summed E-state index contributed by atoms with van der Waals surface area (Å²) in [5.41, 5.74) is 9.03. The number of carbonyl (C=O) groups excluding carboxylic acids is 1. The Labute approximate surface area is 243 Å². The van der Waals surface area contributed by atoms with E-state index in [9.17, 15) is 4.79 Å². The summed E-state index contributed by atoms with van der Waals surface area (Å²) in [6.07, 6.45) is 4.94. The highest BCUT2D eigenvalue weighted by Crippen LogP contribution is 2.33. The number of ether oxygens (including phenoxy) is 1. The van der Waals surface area contributed by atoms with Crippen molar-refractivity contribution >= 4 is 28.7 Å². The Morgan fingerprint density at radius 2 is 1.93 bits per heavy atom. The number of fused-ring (bicyclic) bond motifs is 1. The van der Waals surface area contributed by atoms with Crippen LogP contribution < -0.4 is 16.0 Å². The average molecular weight is 579 g/mol. The van der Waals surface area contributed by atoms with Gasteiger partial charge in [0, 0.05) is 39.3 Å². The van der Waals surface area contributed by atoms with Gasteiger partial charge in [-0.3, -0.25) is 9.78 Å². The first-order valence-electron chi connectivity index (χ1n) is 13.9. The number of anilines is 3.